The molecule has 0 radical (unpaired) electrons. The lowest BCUT2D eigenvalue weighted by Crippen LogP contribution is -2.46. The van der Waals surface area contributed by atoms with Gasteiger partial charge in [-0.2, -0.15) is 0 Å². The Kier molecular flexibility index (Phi) is 5.98. The zero-order chi connectivity index (χ0) is 16.8. The van der Waals surface area contributed by atoms with E-state index < -0.39 is 0 Å². The number of carbonyl (C=O) groups excluding carboxylic acids is 3. The first-order valence-electron chi connectivity index (χ1n) is 7.52. The second kappa shape index (κ2) is 7.97. The van der Waals surface area contributed by atoms with Crippen molar-refractivity contribution in [2.45, 2.75) is 25.8 Å². The number of likely N-dealkylation sites (tertiary alicyclic amines) is 1. The summed E-state index contributed by atoms with van der Waals surface area (Å²) in [6, 6.07) is 6.95. The molecule has 1 heterocycles. The van der Waals surface area contributed by atoms with Crippen molar-refractivity contribution in [2.24, 2.45) is 0 Å². The average molecular weight is 338 g/mol. The molecule has 2 N–H and O–H groups in total. The number of nitrogens with zero attached hydrogens (tertiary/aromatic N) is 1. The number of nitrogens with one attached hydrogen (secondary N) is 2. The number of amides is 3. The van der Waals surface area contributed by atoms with Crippen molar-refractivity contribution in [1.29, 1.82) is 0 Å². The fourth-order valence-corrected chi connectivity index (χ4v) is 2.69. The first-order chi connectivity index (χ1) is 11.0. The minimum atomic E-state index is -0.181. The van der Waals surface area contributed by atoms with Crippen LogP contribution in [0.3, 0.4) is 0 Å². The van der Waals surface area contributed by atoms with Crippen molar-refractivity contribution < 1.29 is 14.4 Å². The molecule has 0 aromatic heterocycles. The summed E-state index contributed by atoms with van der Waals surface area (Å²) in [4.78, 5) is 36.7. The van der Waals surface area contributed by atoms with Crippen LogP contribution in [0.15, 0.2) is 24.3 Å². The van der Waals surface area contributed by atoms with Crippen LogP contribution in [0, 0.1) is 0 Å². The Bertz CT molecular complexity index is 598. The Morgan fingerprint density at radius 3 is 2.57 bits per heavy atom. The van der Waals surface area contributed by atoms with Gasteiger partial charge in [-0.05, 0) is 31.0 Å². The fourth-order valence-electron chi connectivity index (χ4n) is 2.61. The molecule has 7 heteroatoms. The highest BCUT2D eigenvalue weighted by molar-refractivity contribution is 6.27. The maximum Gasteiger partial charge on any atom is 0.253 e. The highest BCUT2D eigenvalue weighted by Gasteiger charge is 2.24. The maximum atomic E-state index is 12.5. The average Bonchev–Trinajstić information content (AvgIpc) is 2.54. The summed E-state index contributed by atoms with van der Waals surface area (Å²) < 4.78 is 0. The van der Waals surface area contributed by atoms with Crippen LogP contribution in [-0.4, -0.2) is 47.6 Å². The van der Waals surface area contributed by atoms with Gasteiger partial charge in [0.05, 0.1) is 0 Å². The molecule has 3 amide bonds. The number of halogens is 1. The van der Waals surface area contributed by atoms with Gasteiger partial charge in [0, 0.05) is 37.3 Å². The van der Waals surface area contributed by atoms with Crippen molar-refractivity contribution in [3.8, 4) is 0 Å². The van der Waals surface area contributed by atoms with Crippen LogP contribution in [0.1, 0.15) is 30.1 Å². The Morgan fingerprint density at radius 2 is 1.96 bits per heavy atom. The predicted octanol–water partition coefficient (Wildman–Crippen LogP) is 1.60. The van der Waals surface area contributed by atoms with Crippen LogP contribution in [0.25, 0.3) is 0 Å². The van der Waals surface area contributed by atoms with Crippen LogP contribution in [0.4, 0.5) is 5.69 Å². The lowest BCUT2D eigenvalue weighted by molar-refractivity contribution is -0.119. The van der Waals surface area contributed by atoms with Gasteiger partial charge in [-0.15, -0.1) is 11.6 Å². The van der Waals surface area contributed by atoms with Crippen LogP contribution in [0.5, 0.6) is 0 Å². The first kappa shape index (κ1) is 17.3. The standard InChI is InChI=1S/C16H20ClN3O3/c1-11(21)18-14-4-2-3-12(9-14)16(23)20-7-5-13(6-8-20)19-15(22)10-17/h2-4,9,13H,5-8,10H2,1H3,(H,18,21)(H,19,22). The second-order valence-corrected chi connectivity index (χ2v) is 5.80. The summed E-state index contributed by atoms with van der Waals surface area (Å²) in [5.74, 6) is -0.473. The number of hydrogen-bond donors (Lipinski definition) is 2. The summed E-state index contributed by atoms with van der Waals surface area (Å²) >= 11 is 5.47. The zero-order valence-electron chi connectivity index (χ0n) is 13.0. The SMILES string of the molecule is CC(=O)Nc1cccc(C(=O)N2CCC(NC(=O)CCl)CC2)c1. The number of anilines is 1. The summed E-state index contributed by atoms with van der Waals surface area (Å²) in [7, 11) is 0. The topological polar surface area (TPSA) is 78.5 Å². The highest BCUT2D eigenvalue weighted by Crippen LogP contribution is 2.17. The van der Waals surface area contributed by atoms with Crippen LogP contribution in [-0.2, 0) is 9.59 Å². The maximum absolute atomic E-state index is 12.5. The first-order valence-corrected chi connectivity index (χ1v) is 8.05. The van der Waals surface area contributed by atoms with Gasteiger partial charge in [0.1, 0.15) is 5.88 Å². The van der Waals surface area contributed by atoms with Gasteiger partial charge in [-0.3, -0.25) is 14.4 Å². The van der Waals surface area contributed by atoms with Gasteiger partial charge in [0.25, 0.3) is 5.91 Å². The van der Waals surface area contributed by atoms with Crippen LogP contribution in [0.2, 0.25) is 0 Å². The zero-order valence-corrected chi connectivity index (χ0v) is 13.7. The van der Waals surface area contributed by atoms with E-state index in [0.29, 0.717) is 37.2 Å². The molecule has 1 fully saturated rings. The Hall–Kier alpha value is -2.08. The third kappa shape index (κ3) is 4.96. The summed E-state index contributed by atoms with van der Waals surface area (Å²) in [5.41, 5.74) is 1.15. The van der Waals surface area contributed by atoms with E-state index in [1.807, 2.05) is 0 Å². The molecule has 0 spiro atoms. The Labute approximate surface area is 140 Å². The molecule has 0 atom stereocenters. The third-order valence-electron chi connectivity index (χ3n) is 3.70. The van der Waals surface area contributed by atoms with Gasteiger partial charge in [-0.25, -0.2) is 0 Å². The van der Waals surface area contributed by atoms with Gasteiger partial charge in [0.15, 0.2) is 0 Å². The monoisotopic (exact) mass is 337 g/mol. The molecule has 0 unspecified atom stereocenters. The summed E-state index contributed by atoms with van der Waals surface area (Å²) in [6.07, 6.45) is 1.42. The van der Waals surface area contributed by atoms with Gasteiger partial charge < -0.3 is 15.5 Å². The molecule has 0 bridgehead atoms. The van der Waals surface area contributed by atoms with E-state index in [1.54, 1.807) is 29.2 Å². The third-order valence-corrected chi connectivity index (χ3v) is 3.94. The predicted molar refractivity (Wildman–Crippen MR) is 88.5 cm³/mol. The molecule has 1 aliphatic rings. The van der Waals surface area contributed by atoms with Crippen molar-refractivity contribution in [3.05, 3.63) is 29.8 Å². The molecule has 124 valence electrons. The molecule has 23 heavy (non-hydrogen) atoms. The molecule has 1 aromatic rings. The van der Waals surface area contributed by atoms with E-state index in [0.717, 1.165) is 0 Å². The van der Waals surface area contributed by atoms with Crippen molar-refractivity contribution in [2.75, 3.05) is 24.3 Å². The summed E-state index contributed by atoms with van der Waals surface area (Å²) in [5, 5.41) is 5.51. The minimum Gasteiger partial charge on any atom is -0.352 e. The van der Waals surface area contributed by atoms with Gasteiger partial charge in [0.2, 0.25) is 11.8 Å². The van der Waals surface area contributed by atoms with Crippen LogP contribution < -0.4 is 10.6 Å². The van der Waals surface area contributed by atoms with E-state index in [2.05, 4.69) is 10.6 Å². The lowest BCUT2D eigenvalue weighted by Gasteiger charge is -2.32. The molecular weight excluding hydrogens is 318 g/mol. The second-order valence-electron chi connectivity index (χ2n) is 5.53. The number of hydrogen-bond acceptors (Lipinski definition) is 3. The summed E-state index contributed by atoms with van der Waals surface area (Å²) in [6.45, 7) is 2.58. The largest absolute Gasteiger partial charge is 0.352 e. The number of rotatable bonds is 4. The van der Waals surface area contributed by atoms with E-state index in [4.69, 9.17) is 11.6 Å². The molecule has 2 rings (SSSR count). The lowest BCUT2D eigenvalue weighted by atomic mass is 10.0. The molecular formula is C16H20ClN3O3. The van der Waals surface area contributed by atoms with Gasteiger partial charge in [-0.1, -0.05) is 6.07 Å². The number of piperidine rings is 1. The Balaban J connectivity index is 1.94. The van der Waals surface area contributed by atoms with E-state index >= 15 is 0 Å². The van der Waals surface area contributed by atoms with Crippen molar-refractivity contribution >= 4 is 35.0 Å². The highest BCUT2D eigenvalue weighted by atomic mass is 35.5. The van der Waals surface area contributed by atoms with Gasteiger partial charge >= 0.3 is 0 Å². The Morgan fingerprint density at radius 1 is 1.26 bits per heavy atom. The number of benzene rings is 1. The quantitative estimate of drug-likeness (QED) is 0.819. The molecule has 0 saturated carbocycles. The number of carbonyl (C=O) groups is 3. The molecule has 1 saturated heterocycles. The van der Waals surface area contributed by atoms with E-state index in [9.17, 15) is 14.4 Å². The minimum absolute atomic E-state index is 0.0465. The normalized spacial score (nSPS) is 15.1. The fraction of sp³-hybridized carbons (Fsp3) is 0.438. The van der Waals surface area contributed by atoms with Crippen molar-refractivity contribution in [1.82, 2.24) is 10.2 Å². The molecule has 1 aliphatic heterocycles. The van der Waals surface area contributed by atoms with Crippen molar-refractivity contribution in [3.63, 3.8) is 0 Å². The number of alkyl halides is 1. The van der Waals surface area contributed by atoms with E-state index in [-0.39, 0.29) is 29.6 Å². The molecule has 0 aliphatic carbocycles. The molecule has 6 nitrogen and oxygen atoms in total. The van der Waals surface area contributed by atoms with E-state index in [1.165, 1.54) is 6.92 Å². The molecule has 1 aromatic carbocycles. The smallest absolute Gasteiger partial charge is 0.253 e. The van der Waals surface area contributed by atoms with Crippen LogP contribution >= 0.6 is 11.6 Å².